The number of fused-ring (bicyclic) bond motifs is 1. The van der Waals surface area contributed by atoms with Crippen molar-refractivity contribution in [2.75, 3.05) is 17.2 Å². The van der Waals surface area contributed by atoms with Crippen LogP contribution in [0.25, 0.3) is 0 Å². The first-order chi connectivity index (χ1) is 18.4. The zero-order valence-corrected chi connectivity index (χ0v) is 22.8. The second-order valence-electron chi connectivity index (χ2n) is 9.21. The van der Waals surface area contributed by atoms with Gasteiger partial charge in [0.05, 0.1) is 12.2 Å². The van der Waals surface area contributed by atoms with Gasteiger partial charge in [-0.05, 0) is 68.1 Å². The Morgan fingerprint density at radius 3 is 2.63 bits per heavy atom. The van der Waals surface area contributed by atoms with E-state index in [0.29, 0.717) is 23.3 Å². The first-order valence-electron chi connectivity index (χ1n) is 12.7. The number of aryl methyl sites for hydroxylation is 1. The van der Waals surface area contributed by atoms with E-state index in [0.717, 1.165) is 39.6 Å². The Morgan fingerprint density at radius 2 is 1.84 bits per heavy atom. The largest absolute Gasteiger partial charge is 0.494 e. The number of carbonyl (C=O) groups is 1. The Bertz CT molecular complexity index is 1500. The van der Waals surface area contributed by atoms with Crippen LogP contribution in [0.1, 0.15) is 42.1 Å². The molecular weight excluding hydrogens is 494 g/mol. The topological polar surface area (TPSA) is 81.1 Å². The van der Waals surface area contributed by atoms with E-state index in [-0.39, 0.29) is 5.91 Å². The quantitative estimate of drug-likeness (QED) is 0.255. The fraction of sp³-hybridized carbons (Fsp3) is 0.233. The van der Waals surface area contributed by atoms with Crippen LogP contribution in [0, 0.1) is 13.8 Å². The normalized spacial score (nSPS) is 14.6. The summed E-state index contributed by atoms with van der Waals surface area (Å²) in [4.78, 5) is 18.6. The first kappa shape index (κ1) is 25.6. The van der Waals surface area contributed by atoms with Crippen molar-refractivity contribution >= 4 is 29.3 Å². The molecule has 0 aliphatic carbocycles. The molecule has 0 fully saturated rings. The fourth-order valence-corrected chi connectivity index (χ4v) is 5.32. The molecule has 2 N–H and O–H groups in total. The van der Waals surface area contributed by atoms with Gasteiger partial charge >= 0.3 is 0 Å². The molecule has 1 amide bonds. The van der Waals surface area contributed by atoms with Crippen LogP contribution in [0.5, 0.6) is 5.75 Å². The third-order valence-corrected chi connectivity index (χ3v) is 7.54. The zero-order chi connectivity index (χ0) is 26.6. The highest BCUT2D eigenvalue weighted by molar-refractivity contribution is 7.98. The molecule has 7 nitrogen and oxygen atoms in total. The van der Waals surface area contributed by atoms with Gasteiger partial charge in [-0.3, -0.25) is 4.79 Å². The molecule has 0 radical (unpaired) electrons. The van der Waals surface area contributed by atoms with Gasteiger partial charge in [-0.15, -0.1) is 5.10 Å². The van der Waals surface area contributed by atoms with Crippen LogP contribution >= 0.6 is 11.8 Å². The highest BCUT2D eigenvalue weighted by atomic mass is 32.2. The molecule has 3 aromatic carbocycles. The van der Waals surface area contributed by atoms with E-state index in [1.807, 2.05) is 93.0 Å². The maximum atomic E-state index is 13.9. The van der Waals surface area contributed by atoms with Gasteiger partial charge in [0.1, 0.15) is 11.8 Å². The van der Waals surface area contributed by atoms with Crippen molar-refractivity contribution in [1.82, 2.24) is 14.8 Å². The summed E-state index contributed by atoms with van der Waals surface area (Å²) in [5.74, 6) is 1.92. The fourth-order valence-electron chi connectivity index (χ4n) is 4.53. The third-order valence-electron chi connectivity index (χ3n) is 6.63. The summed E-state index contributed by atoms with van der Waals surface area (Å²) in [5.41, 5.74) is 6.36. The SMILES string of the molecule is CCOc1cccc(C2C(C(=O)Nc3cccc(C)c3C)=C(C)Nc3nc(SCc4ccccc4)nn32)c1. The number of allylic oxidation sites excluding steroid dienone is 1. The van der Waals surface area contributed by atoms with Crippen molar-refractivity contribution in [2.24, 2.45) is 0 Å². The van der Waals surface area contributed by atoms with Crippen molar-refractivity contribution in [3.05, 3.63) is 106 Å². The molecule has 5 rings (SSSR count). The molecular formula is C30H31N5O2S. The van der Waals surface area contributed by atoms with Gasteiger partial charge in [0.2, 0.25) is 11.1 Å². The molecule has 1 atom stereocenters. The van der Waals surface area contributed by atoms with Gasteiger partial charge in [-0.25, -0.2) is 4.68 Å². The predicted octanol–water partition coefficient (Wildman–Crippen LogP) is 6.51. The van der Waals surface area contributed by atoms with Gasteiger partial charge < -0.3 is 15.4 Å². The van der Waals surface area contributed by atoms with Crippen LogP contribution in [-0.4, -0.2) is 27.3 Å². The lowest BCUT2D eigenvalue weighted by Gasteiger charge is -2.29. The number of amides is 1. The number of thioether (sulfide) groups is 1. The molecule has 1 unspecified atom stereocenters. The minimum atomic E-state index is -0.477. The van der Waals surface area contributed by atoms with Gasteiger partial charge in [-0.1, -0.05) is 66.4 Å². The van der Waals surface area contributed by atoms with Crippen molar-refractivity contribution in [2.45, 2.75) is 44.6 Å². The van der Waals surface area contributed by atoms with Crippen LogP contribution < -0.4 is 15.4 Å². The summed E-state index contributed by atoms with van der Waals surface area (Å²) >= 11 is 1.57. The van der Waals surface area contributed by atoms with Gasteiger partial charge in [0, 0.05) is 17.1 Å². The Morgan fingerprint density at radius 1 is 1.05 bits per heavy atom. The molecule has 1 aromatic heterocycles. The molecule has 1 aliphatic rings. The van der Waals surface area contributed by atoms with E-state index in [1.54, 1.807) is 11.8 Å². The monoisotopic (exact) mass is 525 g/mol. The van der Waals surface area contributed by atoms with Crippen molar-refractivity contribution in [1.29, 1.82) is 0 Å². The molecule has 194 valence electrons. The summed E-state index contributed by atoms with van der Waals surface area (Å²) in [6, 6.07) is 23.5. The number of rotatable bonds is 8. The van der Waals surface area contributed by atoms with Crippen molar-refractivity contribution in [3.63, 3.8) is 0 Å². The van der Waals surface area contributed by atoms with Gasteiger partial charge in [0.15, 0.2) is 0 Å². The van der Waals surface area contributed by atoms with Crippen LogP contribution in [-0.2, 0) is 10.5 Å². The summed E-state index contributed by atoms with van der Waals surface area (Å²) in [7, 11) is 0. The van der Waals surface area contributed by atoms with Crippen LogP contribution in [0.3, 0.4) is 0 Å². The number of hydrogen-bond acceptors (Lipinski definition) is 6. The summed E-state index contributed by atoms with van der Waals surface area (Å²) < 4.78 is 7.59. The number of nitrogens with zero attached hydrogens (tertiary/aromatic N) is 3. The molecule has 38 heavy (non-hydrogen) atoms. The minimum absolute atomic E-state index is 0.185. The second kappa shape index (κ2) is 11.1. The highest BCUT2D eigenvalue weighted by Crippen LogP contribution is 2.38. The molecule has 4 aromatic rings. The lowest BCUT2D eigenvalue weighted by molar-refractivity contribution is -0.113. The molecule has 2 heterocycles. The molecule has 0 saturated heterocycles. The summed E-state index contributed by atoms with van der Waals surface area (Å²) in [6.07, 6.45) is 0. The van der Waals surface area contributed by atoms with Crippen LogP contribution in [0.15, 0.2) is 89.2 Å². The third kappa shape index (κ3) is 5.31. The van der Waals surface area contributed by atoms with Gasteiger partial charge in [-0.2, -0.15) is 4.98 Å². The molecule has 0 saturated carbocycles. The minimum Gasteiger partial charge on any atom is -0.494 e. The average Bonchev–Trinajstić information content (AvgIpc) is 3.32. The number of aromatic nitrogens is 3. The zero-order valence-electron chi connectivity index (χ0n) is 22.0. The van der Waals surface area contributed by atoms with E-state index < -0.39 is 6.04 Å². The van der Waals surface area contributed by atoms with E-state index in [2.05, 4.69) is 22.8 Å². The number of benzene rings is 3. The average molecular weight is 526 g/mol. The number of anilines is 2. The van der Waals surface area contributed by atoms with Crippen molar-refractivity contribution in [3.8, 4) is 5.75 Å². The van der Waals surface area contributed by atoms with E-state index >= 15 is 0 Å². The summed E-state index contributed by atoms with van der Waals surface area (Å²) in [5, 5.41) is 12.0. The summed E-state index contributed by atoms with van der Waals surface area (Å²) in [6.45, 7) is 8.47. The first-order valence-corrected chi connectivity index (χ1v) is 13.6. The molecule has 8 heteroatoms. The number of hydrogen-bond donors (Lipinski definition) is 2. The van der Waals surface area contributed by atoms with E-state index in [9.17, 15) is 4.79 Å². The Hall–Kier alpha value is -4.04. The van der Waals surface area contributed by atoms with Crippen LogP contribution in [0.2, 0.25) is 0 Å². The Labute approximate surface area is 227 Å². The molecule has 0 spiro atoms. The number of carbonyl (C=O) groups excluding carboxylic acids is 1. The molecule has 1 aliphatic heterocycles. The maximum Gasteiger partial charge on any atom is 0.255 e. The Kier molecular flexibility index (Phi) is 7.51. The number of nitrogens with one attached hydrogen (secondary N) is 2. The maximum absolute atomic E-state index is 13.9. The number of ether oxygens (including phenoxy) is 1. The molecule has 0 bridgehead atoms. The second-order valence-corrected chi connectivity index (χ2v) is 10.2. The lowest BCUT2D eigenvalue weighted by Crippen LogP contribution is -2.31. The predicted molar refractivity (Wildman–Crippen MR) is 153 cm³/mol. The van der Waals surface area contributed by atoms with E-state index in [1.165, 1.54) is 5.56 Å². The Balaban J connectivity index is 1.52. The highest BCUT2D eigenvalue weighted by Gasteiger charge is 2.34. The van der Waals surface area contributed by atoms with Crippen LogP contribution in [0.4, 0.5) is 11.6 Å². The van der Waals surface area contributed by atoms with Crippen molar-refractivity contribution < 1.29 is 9.53 Å². The smallest absolute Gasteiger partial charge is 0.255 e. The van der Waals surface area contributed by atoms with Gasteiger partial charge in [0.25, 0.3) is 5.91 Å². The standard InChI is InChI=1S/C30H31N5O2S/c1-5-37-24-15-10-14-23(17-24)27-26(28(36)32-25-16-9-11-19(2)20(25)3)21(4)31-29-33-30(34-35(27)29)38-18-22-12-7-6-8-13-22/h6-17,27H,5,18H2,1-4H3,(H,32,36)(H,31,33,34). The van der Waals surface area contributed by atoms with E-state index in [4.69, 9.17) is 14.8 Å². The lowest BCUT2D eigenvalue weighted by atomic mass is 9.94.